The molecule has 676 valence electrons. The highest BCUT2D eigenvalue weighted by Crippen LogP contribution is 2.65. The number of ether oxygens (including phenoxy) is 11. The Morgan fingerprint density at radius 1 is 0.713 bits per heavy atom. The molecule has 6 fully saturated rings. The largest absolute Gasteiger partial charge is 0.459 e. The lowest BCUT2D eigenvalue weighted by molar-refractivity contribution is -0.346. The van der Waals surface area contributed by atoms with Crippen LogP contribution in [-0.2, 0) is 85.7 Å². The van der Waals surface area contributed by atoms with Gasteiger partial charge in [0.15, 0.2) is 30.1 Å². The highest BCUT2D eigenvalue weighted by molar-refractivity contribution is 5.97. The van der Waals surface area contributed by atoms with Gasteiger partial charge in [0.2, 0.25) is 12.0 Å². The predicted molar refractivity (Wildman–Crippen MR) is 437 cm³/mol. The van der Waals surface area contributed by atoms with E-state index >= 15 is 9.59 Å². The molecule has 0 spiro atoms. The number of aliphatic hydroxyl groups is 8. The molecule has 32 heteroatoms. The zero-order valence-corrected chi connectivity index (χ0v) is 73.3. The van der Waals surface area contributed by atoms with Crippen LogP contribution in [0.2, 0.25) is 0 Å². The molecule has 2 amide bonds. The number of hydrogen-bond acceptors (Lipinski definition) is 30. The molecule has 2 bridgehead atoms. The number of Topliss-reactive ketones (excluding diaryl/α,β-unsaturated/α-hetero) is 1. The number of nitrogens with zero attached hydrogens (tertiary/aromatic N) is 2. The van der Waals surface area contributed by atoms with Gasteiger partial charge in [0.25, 0.3) is 5.91 Å². The van der Waals surface area contributed by atoms with Crippen molar-refractivity contribution in [1.29, 1.82) is 0 Å². The van der Waals surface area contributed by atoms with Gasteiger partial charge in [0, 0.05) is 88.1 Å². The first-order valence-electron chi connectivity index (χ1n) is 42.5. The van der Waals surface area contributed by atoms with Crippen molar-refractivity contribution < 1.29 is 136 Å². The van der Waals surface area contributed by atoms with Crippen molar-refractivity contribution in [2.75, 3.05) is 40.3 Å². The average Bonchev–Trinajstić information content (AvgIpc) is 0.667. The van der Waals surface area contributed by atoms with Crippen molar-refractivity contribution in [2.45, 2.75) is 313 Å². The number of amides is 2. The third-order valence-electron chi connectivity index (χ3n) is 26.8. The zero-order chi connectivity index (χ0) is 90.0. The number of benzene rings is 3. The van der Waals surface area contributed by atoms with Crippen molar-refractivity contribution in [2.24, 2.45) is 34.5 Å². The molecule has 29 atom stereocenters. The van der Waals surface area contributed by atoms with E-state index in [-0.39, 0.29) is 79.6 Å². The van der Waals surface area contributed by atoms with Gasteiger partial charge in [-0.15, -0.1) is 0 Å². The van der Waals surface area contributed by atoms with Crippen molar-refractivity contribution in [3.63, 3.8) is 0 Å². The maximum atomic E-state index is 16.1. The van der Waals surface area contributed by atoms with Crippen molar-refractivity contribution in [1.82, 2.24) is 20.4 Å². The summed E-state index contributed by atoms with van der Waals surface area (Å²) in [5.41, 5.74) is -14.0. The number of likely N-dealkylation sites (N-methyl/N-ethyl adjacent to an activating group) is 1. The molecule has 10 rings (SSSR count). The number of ketones is 1. The molecule has 4 heterocycles. The van der Waals surface area contributed by atoms with Gasteiger partial charge in [-0.25, -0.2) is 9.59 Å². The molecule has 3 aliphatic carbocycles. The van der Waals surface area contributed by atoms with E-state index in [0.29, 0.717) is 6.42 Å². The lowest BCUT2D eigenvalue weighted by Crippen LogP contribution is -2.82. The van der Waals surface area contributed by atoms with Crippen LogP contribution in [0.3, 0.4) is 0 Å². The monoisotopic (exact) mass is 1710 g/mol. The van der Waals surface area contributed by atoms with Crippen LogP contribution in [0.4, 0.5) is 0 Å². The first-order valence-corrected chi connectivity index (χ1v) is 42.5. The van der Waals surface area contributed by atoms with Crippen LogP contribution in [0.1, 0.15) is 201 Å². The quantitative estimate of drug-likeness (QED) is 0.0238. The number of fused-ring (bicyclic) bond motifs is 5. The molecule has 3 aromatic rings. The normalized spacial score (nSPS) is 38.1. The number of esters is 6. The van der Waals surface area contributed by atoms with Gasteiger partial charge in [-0.1, -0.05) is 101 Å². The van der Waals surface area contributed by atoms with E-state index in [0.717, 1.165) is 13.8 Å². The van der Waals surface area contributed by atoms with Gasteiger partial charge < -0.3 is 108 Å². The first-order chi connectivity index (χ1) is 57.1. The summed E-state index contributed by atoms with van der Waals surface area (Å²) in [7, 11) is 3.63. The number of nitrogens with one attached hydrogen (secondary N) is 2. The van der Waals surface area contributed by atoms with Crippen molar-refractivity contribution in [3.05, 3.63) is 119 Å². The van der Waals surface area contributed by atoms with Gasteiger partial charge in [0.05, 0.1) is 77.6 Å². The molecule has 4 saturated heterocycles. The van der Waals surface area contributed by atoms with E-state index in [1.807, 2.05) is 37.7 Å². The smallest absolute Gasteiger partial charge is 0.350 e. The van der Waals surface area contributed by atoms with Crippen LogP contribution in [0, 0.1) is 34.5 Å². The number of carbonyl (C=O) groups is 9. The highest BCUT2D eigenvalue weighted by Gasteiger charge is 2.79. The summed E-state index contributed by atoms with van der Waals surface area (Å²) in [5.74, 6) is -13.0. The summed E-state index contributed by atoms with van der Waals surface area (Å²) < 4.78 is 69.7. The minimum absolute atomic E-state index is 0.0140. The Labute approximate surface area is 713 Å². The fraction of sp³-hybridized carbons (Fsp3) is 0.678. The number of rotatable bonds is 24. The van der Waals surface area contributed by atoms with Crippen LogP contribution >= 0.6 is 0 Å². The van der Waals surface area contributed by atoms with Gasteiger partial charge in [-0.2, -0.15) is 0 Å². The predicted octanol–water partition coefficient (Wildman–Crippen LogP) is 5.20. The molecule has 7 aliphatic rings. The Hall–Kier alpha value is -7.77. The van der Waals surface area contributed by atoms with Crippen LogP contribution in [0.5, 0.6) is 0 Å². The van der Waals surface area contributed by atoms with Gasteiger partial charge in [0.1, 0.15) is 60.0 Å². The maximum Gasteiger partial charge on any atom is 0.350 e. The maximum absolute atomic E-state index is 16.1. The number of hydrogen-bond donors (Lipinski definition) is 10. The Balaban J connectivity index is 0.929. The molecular weight excluding hydrogens is 1580 g/mol. The summed E-state index contributed by atoms with van der Waals surface area (Å²) in [6.45, 7) is 24.0. The molecule has 4 aliphatic heterocycles. The summed E-state index contributed by atoms with van der Waals surface area (Å²) >= 11 is 0. The number of carbonyl (C=O) groups excluding carboxylic acids is 9. The summed E-state index contributed by atoms with van der Waals surface area (Å²) in [5, 5.41) is 105. The summed E-state index contributed by atoms with van der Waals surface area (Å²) in [6, 6.07) is 20.5. The van der Waals surface area contributed by atoms with E-state index < -0.39 is 258 Å². The second-order valence-corrected chi connectivity index (χ2v) is 36.6. The fourth-order valence-corrected chi connectivity index (χ4v) is 20.0. The minimum atomic E-state index is -2.59. The molecular formula is C90H128N4O28. The Bertz CT molecular complexity index is 4220. The Kier molecular flexibility index (Phi) is 30.5. The summed E-state index contributed by atoms with van der Waals surface area (Å²) in [6.07, 6.45) is -24.5. The molecule has 0 radical (unpaired) electrons. The molecule has 10 N–H and O–H groups in total. The second-order valence-electron chi connectivity index (χ2n) is 36.6. The zero-order valence-electron chi connectivity index (χ0n) is 73.3. The average molecular weight is 1710 g/mol. The second kappa shape index (κ2) is 38.6. The topological polar surface area (TPSA) is 448 Å². The fourth-order valence-electron chi connectivity index (χ4n) is 20.0. The van der Waals surface area contributed by atoms with E-state index in [4.69, 9.17) is 52.1 Å². The van der Waals surface area contributed by atoms with Crippen LogP contribution in [0.15, 0.2) is 102 Å². The third-order valence-corrected chi connectivity index (χ3v) is 26.8. The first kappa shape index (κ1) is 96.4. The minimum Gasteiger partial charge on any atom is -0.459 e. The number of cyclic esters (lactones) is 1. The third kappa shape index (κ3) is 20.0. The van der Waals surface area contributed by atoms with E-state index in [9.17, 15) is 74.4 Å². The number of aliphatic hydroxyl groups excluding tert-OH is 4. The van der Waals surface area contributed by atoms with Crippen molar-refractivity contribution in [3.8, 4) is 0 Å². The Morgan fingerprint density at radius 3 is 1.92 bits per heavy atom. The SMILES string of the molecule is CCC1OC(=O)C(C)C(OC2CC(C)(O)C(O)C(C)O2)C(C)C(OC2OC(C)CC(N(C)C)C2O)C(C)(O)CC(C)CN(CCCNC(=O)CCC(=O)O[C@@H](C(=O)O[C@H]2C[C@@]3(O)[C@@H](OC(=O)c4ccccc4)C4[C@](C)(C(=O)[C@H](OC(C)=O)C(=C2C)C3(C)C)[C@@H](O)C[C@H]2OC[C@@]42OC(C)=O)[C@@H](NC(=O)c2ccccc2)c2ccccc2)C(C)C(O)C1(C)O. The van der Waals surface area contributed by atoms with E-state index in [1.165, 1.54) is 72.7 Å². The lowest BCUT2D eigenvalue weighted by Gasteiger charge is -2.67. The van der Waals surface area contributed by atoms with Gasteiger partial charge >= 0.3 is 35.8 Å². The molecule has 2 saturated carbocycles. The molecule has 32 nitrogen and oxygen atoms in total. The molecule has 122 heavy (non-hydrogen) atoms. The van der Waals surface area contributed by atoms with Gasteiger partial charge in [-0.3, -0.25) is 38.5 Å². The highest BCUT2D eigenvalue weighted by atomic mass is 16.7. The summed E-state index contributed by atoms with van der Waals surface area (Å²) in [4.78, 5) is 136. The van der Waals surface area contributed by atoms with E-state index in [1.54, 1.807) is 101 Å². The molecule has 3 aromatic carbocycles. The van der Waals surface area contributed by atoms with E-state index in [2.05, 4.69) is 10.6 Å². The molecule has 0 aromatic heterocycles. The van der Waals surface area contributed by atoms with Crippen LogP contribution in [0.25, 0.3) is 0 Å². The van der Waals surface area contributed by atoms with Crippen LogP contribution in [-0.4, -0.2) is 283 Å². The van der Waals surface area contributed by atoms with Crippen molar-refractivity contribution >= 4 is 53.4 Å². The standard InChI is InChI=1S/C90H128N4O28/c1-19-62-88(16,110)74(101)52(7)94(45-47(2)42-86(14,109)77(121-83-69(100)59(93(17)18)40-48(3)113-83)50(5)70(51(6)80(105)117-62)119-66-44-85(13,108)75(102)53(8)114-66)39-29-38-91-64(98)36-37-65(99)118-72(68(56-30-23-20-24-31-56)92-79(104)57-32-25-21-26-33-57)82(107)116-60-43-90(111)78(120-81(106)58-34-27-22-28-35-58)73-87(15,61(97)41-63-89(73,46-112-63)122-55(10)96)76(103)71(115-54(9)95)67(49(60)4)84(90,11)12/h20-28,30-35,47-48,50-53,59-63,66,68-75,77-78,83,97,100-102,108-111H,19,29,36-46H2,1-18H3,(H,91,98)(H,92,104)/t47?,48?,50?,51?,52?,53?,59?,60-,61-,62?,63+,66?,68-,69?,70?,71+,72+,73?,74?,75?,77?,78-,83?,85?,86?,87+,88?,89-,90+/m0/s1. The van der Waals surface area contributed by atoms with Crippen LogP contribution < -0.4 is 10.6 Å². The molecule has 19 unspecified atom stereocenters. The van der Waals surface area contributed by atoms with Gasteiger partial charge in [-0.05, 0) is 149 Å². The lowest BCUT2D eigenvalue weighted by atomic mass is 9.44. The Morgan fingerprint density at radius 2 is 1.34 bits per heavy atom.